The Morgan fingerprint density at radius 3 is 2.75 bits per heavy atom. The summed E-state index contributed by atoms with van der Waals surface area (Å²) in [5.74, 6) is 2.43. The lowest BCUT2D eigenvalue weighted by Gasteiger charge is -2.37. The van der Waals surface area contributed by atoms with Crippen molar-refractivity contribution in [2.75, 3.05) is 33.4 Å². The molecule has 1 aliphatic carbocycles. The van der Waals surface area contributed by atoms with Crippen LogP contribution in [0.2, 0.25) is 0 Å². The molecule has 1 unspecified atom stereocenters. The number of rotatable bonds is 6. The first-order valence-electron chi connectivity index (χ1n) is 11.6. The molecule has 32 heavy (non-hydrogen) atoms. The van der Waals surface area contributed by atoms with Gasteiger partial charge >= 0.3 is 0 Å². The van der Waals surface area contributed by atoms with Crippen LogP contribution in [0.3, 0.4) is 0 Å². The Bertz CT molecular complexity index is 1060. The number of nitrogens with zero attached hydrogens (tertiary/aromatic N) is 5. The molecule has 1 N–H and O–H groups in total. The van der Waals surface area contributed by atoms with Gasteiger partial charge in [0.15, 0.2) is 0 Å². The van der Waals surface area contributed by atoms with Gasteiger partial charge in [0, 0.05) is 55.9 Å². The minimum atomic E-state index is 0.210. The van der Waals surface area contributed by atoms with Gasteiger partial charge < -0.3 is 14.0 Å². The molecular weight excluding hydrogens is 404 g/mol. The SMILES string of the molecule is COc1ccc(-c2[nH]ncc2CN2CC(c3nncn3C3CC3)C3(CCOCC3)C2)cc1. The number of aromatic nitrogens is 5. The summed E-state index contributed by atoms with van der Waals surface area (Å²) in [4.78, 5) is 2.58. The predicted octanol–water partition coefficient (Wildman–Crippen LogP) is 3.41. The van der Waals surface area contributed by atoms with Gasteiger partial charge in [0.25, 0.3) is 0 Å². The monoisotopic (exact) mass is 434 g/mol. The van der Waals surface area contributed by atoms with Crippen molar-refractivity contribution >= 4 is 0 Å². The number of nitrogens with one attached hydrogen (secondary N) is 1. The summed E-state index contributed by atoms with van der Waals surface area (Å²) in [6.07, 6.45) is 8.58. The predicted molar refractivity (Wildman–Crippen MR) is 119 cm³/mol. The van der Waals surface area contributed by atoms with E-state index in [1.807, 2.05) is 24.7 Å². The zero-order valence-electron chi connectivity index (χ0n) is 18.5. The molecule has 8 nitrogen and oxygen atoms in total. The van der Waals surface area contributed by atoms with E-state index in [0.717, 1.165) is 62.7 Å². The summed E-state index contributed by atoms with van der Waals surface area (Å²) >= 11 is 0. The Hall–Kier alpha value is -2.71. The molecule has 6 rings (SSSR count). The zero-order chi connectivity index (χ0) is 21.5. The first kappa shape index (κ1) is 19.9. The third-order valence-electron chi connectivity index (χ3n) is 7.55. The van der Waals surface area contributed by atoms with Crippen molar-refractivity contribution in [2.45, 2.75) is 44.2 Å². The minimum Gasteiger partial charge on any atom is -0.497 e. The summed E-state index contributed by atoms with van der Waals surface area (Å²) in [6.45, 7) is 4.61. The zero-order valence-corrected chi connectivity index (χ0v) is 18.5. The van der Waals surface area contributed by atoms with Crippen LogP contribution in [0, 0.1) is 5.41 Å². The van der Waals surface area contributed by atoms with Crippen LogP contribution in [-0.4, -0.2) is 63.3 Å². The number of methoxy groups -OCH3 is 1. The molecule has 1 atom stereocenters. The largest absolute Gasteiger partial charge is 0.497 e. The molecule has 2 aromatic heterocycles. The van der Waals surface area contributed by atoms with E-state index < -0.39 is 0 Å². The molecule has 1 spiro atoms. The molecule has 0 amide bonds. The molecule has 3 aromatic rings. The highest BCUT2D eigenvalue weighted by atomic mass is 16.5. The Balaban J connectivity index is 1.27. The second-order valence-corrected chi connectivity index (χ2v) is 9.52. The Labute approximate surface area is 187 Å². The fourth-order valence-corrected chi connectivity index (χ4v) is 5.65. The second-order valence-electron chi connectivity index (χ2n) is 9.52. The van der Waals surface area contributed by atoms with Crippen molar-refractivity contribution in [3.63, 3.8) is 0 Å². The Morgan fingerprint density at radius 1 is 1.19 bits per heavy atom. The molecule has 0 bridgehead atoms. The first-order valence-corrected chi connectivity index (χ1v) is 11.6. The molecule has 1 aromatic carbocycles. The molecular formula is C24H30N6O2. The van der Waals surface area contributed by atoms with Gasteiger partial charge in [0.1, 0.15) is 17.9 Å². The van der Waals surface area contributed by atoms with Crippen LogP contribution >= 0.6 is 0 Å². The third kappa shape index (κ3) is 3.51. The smallest absolute Gasteiger partial charge is 0.138 e. The molecule has 8 heteroatoms. The summed E-state index contributed by atoms with van der Waals surface area (Å²) in [5, 5.41) is 16.5. The lowest BCUT2D eigenvalue weighted by atomic mass is 9.71. The van der Waals surface area contributed by atoms with Gasteiger partial charge in [-0.15, -0.1) is 10.2 Å². The van der Waals surface area contributed by atoms with Gasteiger partial charge in [-0.25, -0.2) is 0 Å². The van der Waals surface area contributed by atoms with E-state index in [2.05, 4.69) is 42.0 Å². The number of ether oxygens (including phenoxy) is 2. The number of hydrogen-bond donors (Lipinski definition) is 1. The highest BCUT2D eigenvalue weighted by molar-refractivity contribution is 5.63. The van der Waals surface area contributed by atoms with Crippen molar-refractivity contribution in [1.29, 1.82) is 0 Å². The van der Waals surface area contributed by atoms with Crippen LogP contribution in [-0.2, 0) is 11.3 Å². The number of H-pyrrole nitrogens is 1. The van der Waals surface area contributed by atoms with Gasteiger partial charge in [-0.1, -0.05) is 0 Å². The third-order valence-corrected chi connectivity index (χ3v) is 7.55. The fraction of sp³-hybridized carbons (Fsp3) is 0.542. The van der Waals surface area contributed by atoms with Gasteiger partial charge in [-0.2, -0.15) is 5.10 Å². The number of hydrogen-bond acceptors (Lipinski definition) is 6. The summed E-state index contributed by atoms with van der Waals surface area (Å²) in [7, 11) is 1.69. The van der Waals surface area contributed by atoms with Crippen molar-refractivity contribution in [1.82, 2.24) is 29.9 Å². The first-order chi connectivity index (χ1) is 15.8. The van der Waals surface area contributed by atoms with Gasteiger partial charge in [0.05, 0.1) is 19.0 Å². The van der Waals surface area contributed by atoms with Crippen LogP contribution < -0.4 is 4.74 Å². The van der Waals surface area contributed by atoms with E-state index in [4.69, 9.17) is 9.47 Å². The van der Waals surface area contributed by atoms with Crippen molar-refractivity contribution < 1.29 is 9.47 Å². The maximum atomic E-state index is 5.76. The number of aromatic amines is 1. The van der Waals surface area contributed by atoms with E-state index >= 15 is 0 Å². The lowest BCUT2D eigenvalue weighted by molar-refractivity contribution is 0.0104. The van der Waals surface area contributed by atoms with Gasteiger partial charge in [-0.05, 0) is 55.4 Å². The average molecular weight is 435 g/mol. The Kier molecular flexibility index (Phi) is 4.99. The van der Waals surface area contributed by atoms with E-state index in [1.165, 1.54) is 24.2 Å². The molecule has 168 valence electrons. The average Bonchev–Trinajstić information content (AvgIpc) is 3.23. The summed E-state index contributed by atoms with van der Waals surface area (Å²) in [5.41, 5.74) is 3.64. The quantitative estimate of drug-likeness (QED) is 0.640. The summed E-state index contributed by atoms with van der Waals surface area (Å²) < 4.78 is 13.4. The van der Waals surface area contributed by atoms with Crippen molar-refractivity contribution in [2.24, 2.45) is 5.41 Å². The van der Waals surface area contributed by atoms with Gasteiger partial charge in [-0.3, -0.25) is 10.00 Å². The molecule has 0 radical (unpaired) electrons. The maximum Gasteiger partial charge on any atom is 0.138 e. The molecule has 4 heterocycles. The second kappa shape index (κ2) is 8.01. The van der Waals surface area contributed by atoms with Crippen LogP contribution in [0.4, 0.5) is 0 Å². The highest BCUT2D eigenvalue weighted by Crippen LogP contribution is 2.50. The summed E-state index contributed by atoms with van der Waals surface area (Å²) in [6, 6.07) is 8.75. The molecule has 1 saturated carbocycles. The fourth-order valence-electron chi connectivity index (χ4n) is 5.65. The van der Waals surface area contributed by atoms with E-state index in [1.54, 1.807) is 7.11 Å². The number of likely N-dealkylation sites (tertiary alicyclic amines) is 1. The molecule has 2 aliphatic heterocycles. The Morgan fingerprint density at radius 2 is 2.00 bits per heavy atom. The van der Waals surface area contributed by atoms with Crippen LogP contribution in [0.15, 0.2) is 36.8 Å². The minimum absolute atomic E-state index is 0.210. The van der Waals surface area contributed by atoms with Crippen LogP contribution in [0.5, 0.6) is 5.75 Å². The van der Waals surface area contributed by atoms with Crippen molar-refractivity contribution in [3.8, 4) is 17.0 Å². The lowest BCUT2D eigenvalue weighted by Crippen LogP contribution is -2.37. The topological polar surface area (TPSA) is 81.1 Å². The maximum absolute atomic E-state index is 5.76. The van der Waals surface area contributed by atoms with Crippen molar-refractivity contribution in [3.05, 3.63) is 48.2 Å². The normalized spacial score (nSPS) is 23.1. The molecule has 3 aliphatic rings. The van der Waals surface area contributed by atoms with E-state index in [9.17, 15) is 0 Å². The molecule has 2 saturated heterocycles. The number of benzene rings is 1. The van der Waals surface area contributed by atoms with E-state index in [-0.39, 0.29) is 5.41 Å². The van der Waals surface area contributed by atoms with E-state index in [0.29, 0.717) is 12.0 Å². The standard InChI is InChI=1S/C24H30N6O2/c1-31-20-6-2-17(3-7-20)22-18(12-25-27-22)13-29-14-21(24(15-29)8-10-32-11-9-24)23-28-26-16-30(23)19-4-5-19/h2-3,6-7,12,16,19,21H,4-5,8-11,13-15H2,1H3,(H,25,27). The van der Waals surface area contributed by atoms with Crippen LogP contribution in [0.25, 0.3) is 11.3 Å². The highest BCUT2D eigenvalue weighted by Gasteiger charge is 2.50. The molecule has 3 fully saturated rings. The van der Waals surface area contributed by atoms with Gasteiger partial charge in [0.2, 0.25) is 0 Å². The van der Waals surface area contributed by atoms with Crippen LogP contribution in [0.1, 0.15) is 49.0 Å².